The van der Waals surface area contributed by atoms with Crippen LogP contribution in [0.5, 0.6) is 17.2 Å². The van der Waals surface area contributed by atoms with Crippen LogP contribution in [-0.2, 0) is 9.59 Å². The van der Waals surface area contributed by atoms with Gasteiger partial charge in [0.2, 0.25) is 5.91 Å². The number of carbonyl (C=O) groups is 3. The van der Waals surface area contributed by atoms with Gasteiger partial charge in [0.1, 0.15) is 23.8 Å². The largest absolute Gasteiger partial charge is 0.497 e. The standard InChI is InChI=1S/C23H23BrN2O6S/c1-4-31-18-12-19(32-5-2)17(24)10-14(18)11-20-22(28)26(23(29)33-20)13-21(27)25-15-6-8-16(30-3)9-7-15/h6-12H,4-5,13H2,1-3H3,(H,25,27)/b20-11+. The number of nitrogens with zero attached hydrogens (tertiary/aromatic N) is 1. The van der Waals surface area contributed by atoms with Gasteiger partial charge in [-0.05, 0) is 77.9 Å². The molecule has 0 bridgehead atoms. The highest BCUT2D eigenvalue weighted by Gasteiger charge is 2.36. The number of nitrogens with one attached hydrogen (secondary N) is 1. The summed E-state index contributed by atoms with van der Waals surface area (Å²) in [6.45, 7) is 4.24. The van der Waals surface area contributed by atoms with Crippen LogP contribution in [0.4, 0.5) is 10.5 Å². The normalized spacial score (nSPS) is 14.5. The average Bonchev–Trinajstić information content (AvgIpc) is 3.05. The van der Waals surface area contributed by atoms with E-state index in [0.717, 1.165) is 16.7 Å². The first-order chi connectivity index (χ1) is 15.9. The second-order valence-corrected chi connectivity index (χ2v) is 8.58. The van der Waals surface area contributed by atoms with E-state index in [-0.39, 0.29) is 11.4 Å². The third-order valence-corrected chi connectivity index (χ3v) is 6.03. The minimum atomic E-state index is -0.540. The van der Waals surface area contributed by atoms with Gasteiger partial charge in [0.15, 0.2) is 0 Å². The quantitative estimate of drug-likeness (QED) is 0.455. The number of carbonyl (C=O) groups excluding carboxylic acids is 3. The Balaban J connectivity index is 1.76. The molecule has 0 radical (unpaired) electrons. The van der Waals surface area contributed by atoms with E-state index in [0.29, 0.717) is 46.2 Å². The zero-order chi connectivity index (χ0) is 24.0. The number of hydrogen-bond donors (Lipinski definition) is 1. The van der Waals surface area contributed by atoms with Crippen molar-refractivity contribution in [3.05, 3.63) is 51.3 Å². The summed E-state index contributed by atoms with van der Waals surface area (Å²) in [4.78, 5) is 38.8. The molecule has 0 saturated carbocycles. The molecule has 0 aliphatic carbocycles. The van der Waals surface area contributed by atoms with Crippen molar-refractivity contribution in [3.63, 3.8) is 0 Å². The van der Waals surface area contributed by atoms with E-state index in [9.17, 15) is 14.4 Å². The van der Waals surface area contributed by atoms with Gasteiger partial charge in [0.25, 0.3) is 11.1 Å². The third kappa shape index (κ3) is 6.08. The SMILES string of the molecule is CCOc1cc(OCC)c(/C=C2/SC(=O)N(CC(=O)Nc3ccc(OC)cc3)C2=O)cc1Br. The van der Waals surface area contributed by atoms with Crippen molar-refractivity contribution in [1.29, 1.82) is 0 Å². The van der Waals surface area contributed by atoms with Crippen LogP contribution in [0.1, 0.15) is 19.4 Å². The van der Waals surface area contributed by atoms with Crippen molar-refractivity contribution in [2.24, 2.45) is 0 Å². The van der Waals surface area contributed by atoms with Gasteiger partial charge < -0.3 is 19.5 Å². The number of rotatable bonds is 9. The van der Waals surface area contributed by atoms with Gasteiger partial charge in [-0.25, -0.2) is 0 Å². The van der Waals surface area contributed by atoms with Crippen LogP contribution in [0.15, 0.2) is 45.8 Å². The molecule has 1 fully saturated rings. The molecule has 3 rings (SSSR count). The minimum Gasteiger partial charge on any atom is -0.497 e. The summed E-state index contributed by atoms with van der Waals surface area (Å²) in [5.41, 5.74) is 1.14. The average molecular weight is 535 g/mol. The Kier molecular flexibility index (Phi) is 8.40. The first kappa shape index (κ1) is 24.7. The van der Waals surface area contributed by atoms with Crippen molar-refractivity contribution in [3.8, 4) is 17.2 Å². The Morgan fingerprint density at radius 2 is 1.76 bits per heavy atom. The smallest absolute Gasteiger partial charge is 0.294 e. The van der Waals surface area contributed by atoms with E-state index < -0.39 is 17.1 Å². The van der Waals surface area contributed by atoms with Crippen LogP contribution >= 0.6 is 27.7 Å². The van der Waals surface area contributed by atoms with Crippen LogP contribution in [0, 0.1) is 0 Å². The summed E-state index contributed by atoms with van der Waals surface area (Å²) < 4.78 is 17.0. The minimum absolute atomic E-state index is 0.203. The zero-order valence-electron chi connectivity index (χ0n) is 18.3. The maximum absolute atomic E-state index is 12.9. The fraction of sp³-hybridized carbons (Fsp3) is 0.261. The highest BCUT2D eigenvalue weighted by Crippen LogP contribution is 2.38. The van der Waals surface area contributed by atoms with E-state index in [4.69, 9.17) is 14.2 Å². The zero-order valence-corrected chi connectivity index (χ0v) is 20.7. The summed E-state index contributed by atoms with van der Waals surface area (Å²) in [6, 6.07) is 10.2. The number of anilines is 1. The molecule has 1 N–H and O–H groups in total. The van der Waals surface area contributed by atoms with Gasteiger partial charge in [-0.2, -0.15) is 0 Å². The topological polar surface area (TPSA) is 94.2 Å². The first-order valence-electron chi connectivity index (χ1n) is 10.1. The monoisotopic (exact) mass is 534 g/mol. The molecule has 1 saturated heterocycles. The highest BCUT2D eigenvalue weighted by molar-refractivity contribution is 9.10. The maximum Gasteiger partial charge on any atom is 0.294 e. The molecule has 0 atom stereocenters. The number of methoxy groups -OCH3 is 1. The Morgan fingerprint density at radius 3 is 2.39 bits per heavy atom. The Bertz CT molecular complexity index is 1090. The molecule has 10 heteroatoms. The predicted octanol–water partition coefficient (Wildman–Crippen LogP) is 4.93. The lowest BCUT2D eigenvalue weighted by Gasteiger charge is -2.13. The van der Waals surface area contributed by atoms with Crippen LogP contribution in [0.3, 0.4) is 0 Å². The lowest BCUT2D eigenvalue weighted by atomic mass is 10.1. The number of thioether (sulfide) groups is 1. The van der Waals surface area contributed by atoms with E-state index in [2.05, 4.69) is 21.2 Å². The second-order valence-electron chi connectivity index (χ2n) is 6.73. The fourth-order valence-electron chi connectivity index (χ4n) is 3.01. The van der Waals surface area contributed by atoms with Gasteiger partial charge in [0, 0.05) is 17.3 Å². The van der Waals surface area contributed by atoms with E-state index in [1.165, 1.54) is 0 Å². The number of imide groups is 1. The second kappa shape index (κ2) is 11.2. The summed E-state index contributed by atoms with van der Waals surface area (Å²) in [5.74, 6) is 0.760. The van der Waals surface area contributed by atoms with Crippen molar-refractivity contribution < 1.29 is 28.6 Å². The summed E-state index contributed by atoms with van der Waals surface area (Å²) in [7, 11) is 1.55. The van der Waals surface area contributed by atoms with Crippen LogP contribution in [0.2, 0.25) is 0 Å². The summed E-state index contributed by atoms with van der Waals surface area (Å²) in [6.07, 6.45) is 1.58. The third-order valence-electron chi connectivity index (χ3n) is 4.50. The highest BCUT2D eigenvalue weighted by atomic mass is 79.9. The molecule has 33 heavy (non-hydrogen) atoms. The van der Waals surface area contributed by atoms with E-state index >= 15 is 0 Å². The molecule has 174 valence electrons. The number of amides is 3. The van der Waals surface area contributed by atoms with Crippen molar-refractivity contribution in [2.45, 2.75) is 13.8 Å². The number of hydrogen-bond acceptors (Lipinski definition) is 7. The van der Waals surface area contributed by atoms with Gasteiger partial charge >= 0.3 is 0 Å². The van der Waals surface area contributed by atoms with E-state index in [1.54, 1.807) is 49.6 Å². The Morgan fingerprint density at radius 1 is 1.09 bits per heavy atom. The number of benzene rings is 2. The van der Waals surface area contributed by atoms with Crippen LogP contribution < -0.4 is 19.5 Å². The van der Waals surface area contributed by atoms with E-state index in [1.807, 2.05) is 13.8 Å². The van der Waals surface area contributed by atoms with Gasteiger partial charge in [-0.1, -0.05) is 0 Å². The number of halogens is 1. The van der Waals surface area contributed by atoms with Crippen LogP contribution in [0.25, 0.3) is 6.08 Å². The molecule has 0 spiro atoms. The molecule has 1 aliphatic heterocycles. The molecule has 8 nitrogen and oxygen atoms in total. The molecule has 3 amide bonds. The lowest BCUT2D eigenvalue weighted by molar-refractivity contribution is -0.127. The molecule has 2 aromatic carbocycles. The molecule has 1 aliphatic rings. The lowest BCUT2D eigenvalue weighted by Crippen LogP contribution is -2.36. The molecule has 2 aromatic rings. The predicted molar refractivity (Wildman–Crippen MR) is 131 cm³/mol. The molecule has 0 unspecified atom stereocenters. The first-order valence-corrected chi connectivity index (χ1v) is 11.8. The summed E-state index contributed by atoms with van der Waals surface area (Å²) >= 11 is 4.23. The molecular weight excluding hydrogens is 512 g/mol. The Hall–Kier alpha value is -2.98. The van der Waals surface area contributed by atoms with Crippen LogP contribution in [-0.4, -0.2) is 48.8 Å². The maximum atomic E-state index is 12.9. The van der Waals surface area contributed by atoms with Gasteiger partial charge in [-0.15, -0.1) is 0 Å². The van der Waals surface area contributed by atoms with Gasteiger partial charge in [-0.3, -0.25) is 19.3 Å². The summed E-state index contributed by atoms with van der Waals surface area (Å²) in [5, 5.41) is 2.15. The number of ether oxygens (including phenoxy) is 3. The van der Waals surface area contributed by atoms with Crippen molar-refractivity contribution in [1.82, 2.24) is 4.90 Å². The van der Waals surface area contributed by atoms with Crippen molar-refractivity contribution >= 4 is 56.5 Å². The molecular formula is C23H23BrN2O6S. The molecule has 1 heterocycles. The Labute approximate surface area is 204 Å². The molecule has 0 aromatic heterocycles. The van der Waals surface area contributed by atoms with Crippen molar-refractivity contribution in [2.75, 3.05) is 32.2 Å². The van der Waals surface area contributed by atoms with Gasteiger partial charge in [0.05, 0.1) is 29.7 Å². The fourth-order valence-corrected chi connectivity index (χ4v) is 4.31.